The molecular weight excluding hydrogens is 358 g/mol. The average molecular weight is 374 g/mol. The third kappa shape index (κ3) is 4.10. The average Bonchev–Trinajstić information content (AvgIpc) is 2.87. The highest BCUT2D eigenvalue weighted by atomic mass is 35.5. The van der Waals surface area contributed by atoms with Gasteiger partial charge in [-0.15, -0.1) is 0 Å². The number of aryl methyl sites for hydroxylation is 1. The topological polar surface area (TPSA) is 112 Å². The summed E-state index contributed by atoms with van der Waals surface area (Å²) in [7, 11) is 0. The fourth-order valence-corrected chi connectivity index (χ4v) is 2.76. The van der Waals surface area contributed by atoms with Gasteiger partial charge in [0.25, 0.3) is 5.91 Å². The van der Waals surface area contributed by atoms with E-state index < -0.39 is 18.5 Å². The van der Waals surface area contributed by atoms with Crippen molar-refractivity contribution >= 4 is 34.9 Å². The molecule has 8 heteroatoms. The Balaban J connectivity index is 2.06. The molecule has 1 aromatic carbocycles. The van der Waals surface area contributed by atoms with Crippen molar-refractivity contribution in [1.82, 2.24) is 4.98 Å². The van der Waals surface area contributed by atoms with Gasteiger partial charge in [-0.3, -0.25) is 9.59 Å². The number of amides is 1. The number of ether oxygens (including phenoxy) is 1. The number of ketones is 1. The first kappa shape index (κ1) is 19.2. The maximum Gasteiger partial charge on any atom is 0.355 e. The molecule has 1 aromatic heterocycles. The number of halogens is 1. The molecule has 2 N–H and O–H groups in total. The summed E-state index contributed by atoms with van der Waals surface area (Å²) in [6.45, 7) is 4.16. The van der Waals surface area contributed by atoms with Gasteiger partial charge in [-0.2, -0.15) is 5.26 Å². The number of aromatic nitrogens is 1. The smallest absolute Gasteiger partial charge is 0.355 e. The Bertz CT molecular complexity index is 941. The number of nitriles is 1. The van der Waals surface area contributed by atoms with E-state index in [0.29, 0.717) is 21.8 Å². The first-order valence-corrected chi connectivity index (χ1v) is 7.99. The van der Waals surface area contributed by atoms with E-state index in [1.165, 1.54) is 25.1 Å². The lowest BCUT2D eigenvalue weighted by Crippen LogP contribution is -2.22. The summed E-state index contributed by atoms with van der Waals surface area (Å²) < 4.78 is 4.99. The maximum atomic E-state index is 12.2. The van der Waals surface area contributed by atoms with Gasteiger partial charge in [-0.25, -0.2) is 4.79 Å². The molecule has 134 valence electrons. The van der Waals surface area contributed by atoms with Gasteiger partial charge in [-0.1, -0.05) is 11.6 Å². The number of nitrogens with zero attached hydrogens (tertiary/aromatic N) is 1. The van der Waals surface area contributed by atoms with Crippen molar-refractivity contribution in [2.75, 3.05) is 11.9 Å². The molecule has 26 heavy (non-hydrogen) atoms. The van der Waals surface area contributed by atoms with Gasteiger partial charge in [0.1, 0.15) is 11.8 Å². The lowest BCUT2D eigenvalue weighted by molar-refractivity contribution is -0.119. The highest BCUT2D eigenvalue weighted by molar-refractivity contribution is 6.31. The molecule has 0 aliphatic heterocycles. The van der Waals surface area contributed by atoms with Crippen LogP contribution < -0.4 is 5.32 Å². The van der Waals surface area contributed by atoms with E-state index in [1.807, 2.05) is 6.07 Å². The summed E-state index contributed by atoms with van der Waals surface area (Å²) in [5.41, 5.74) is 2.05. The van der Waals surface area contributed by atoms with Crippen molar-refractivity contribution in [2.24, 2.45) is 0 Å². The number of hydrogen-bond acceptors (Lipinski definition) is 5. The van der Waals surface area contributed by atoms with Crippen LogP contribution in [-0.2, 0) is 9.53 Å². The van der Waals surface area contributed by atoms with Gasteiger partial charge in [0.05, 0.1) is 11.3 Å². The van der Waals surface area contributed by atoms with E-state index in [1.54, 1.807) is 13.8 Å². The lowest BCUT2D eigenvalue weighted by Gasteiger charge is -2.08. The van der Waals surface area contributed by atoms with Gasteiger partial charge in [-0.05, 0) is 44.5 Å². The second kappa shape index (κ2) is 7.85. The number of Topliss-reactive ketones (excluding diaryl/α,β-unsaturated/α-hetero) is 1. The summed E-state index contributed by atoms with van der Waals surface area (Å²) in [6.07, 6.45) is 0. The van der Waals surface area contributed by atoms with Crippen molar-refractivity contribution in [2.45, 2.75) is 20.8 Å². The molecule has 0 aliphatic carbocycles. The Hall–Kier alpha value is -3.11. The Labute approximate surface area is 154 Å². The van der Waals surface area contributed by atoms with Crippen LogP contribution >= 0.6 is 11.6 Å². The maximum absolute atomic E-state index is 12.2. The van der Waals surface area contributed by atoms with Crippen LogP contribution in [0.4, 0.5) is 5.69 Å². The second-order valence-electron chi connectivity index (χ2n) is 5.61. The number of nitrogens with one attached hydrogen (secondary N) is 2. The first-order chi connectivity index (χ1) is 12.2. The zero-order valence-electron chi connectivity index (χ0n) is 14.4. The van der Waals surface area contributed by atoms with E-state index in [9.17, 15) is 14.4 Å². The zero-order valence-corrected chi connectivity index (χ0v) is 15.2. The molecule has 2 rings (SSSR count). The van der Waals surface area contributed by atoms with Crippen molar-refractivity contribution in [3.63, 3.8) is 0 Å². The van der Waals surface area contributed by atoms with Crippen LogP contribution in [0, 0.1) is 25.2 Å². The Morgan fingerprint density at radius 1 is 1.31 bits per heavy atom. The largest absolute Gasteiger partial charge is 0.451 e. The molecule has 0 unspecified atom stereocenters. The van der Waals surface area contributed by atoms with Crippen LogP contribution in [0.2, 0.25) is 5.02 Å². The number of hydrogen-bond donors (Lipinski definition) is 2. The fraction of sp³-hybridized carbons (Fsp3) is 0.222. The highest BCUT2D eigenvalue weighted by Crippen LogP contribution is 2.21. The van der Waals surface area contributed by atoms with Crippen LogP contribution in [0.15, 0.2) is 18.2 Å². The first-order valence-electron chi connectivity index (χ1n) is 7.61. The van der Waals surface area contributed by atoms with Gasteiger partial charge < -0.3 is 15.0 Å². The van der Waals surface area contributed by atoms with Crippen LogP contribution in [0.3, 0.4) is 0 Å². The summed E-state index contributed by atoms with van der Waals surface area (Å²) in [5, 5.41) is 11.9. The minimum atomic E-state index is -0.750. The SMILES string of the molecule is CC(=O)c1c(C)[nH]c(C(=O)OCC(=O)Nc2cc(Cl)ccc2C#N)c1C. The number of carbonyl (C=O) groups is 3. The Morgan fingerprint density at radius 2 is 2.00 bits per heavy atom. The molecule has 7 nitrogen and oxygen atoms in total. The van der Waals surface area contributed by atoms with Crippen LogP contribution in [0.5, 0.6) is 0 Å². The summed E-state index contributed by atoms with van der Waals surface area (Å²) in [4.78, 5) is 38.6. The van der Waals surface area contributed by atoms with E-state index in [-0.39, 0.29) is 22.7 Å². The lowest BCUT2D eigenvalue weighted by atomic mass is 10.1. The molecule has 0 saturated heterocycles. The molecule has 2 aromatic rings. The molecule has 0 aliphatic rings. The van der Waals surface area contributed by atoms with E-state index >= 15 is 0 Å². The van der Waals surface area contributed by atoms with Crippen molar-refractivity contribution < 1.29 is 19.1 Å². The molecule has 0 atom stereocenters. The van der Waals surface area contributed by atoms with Gasteiger partial charge in [0.15, 0.2) is 12.4 Å². The quantitative estimate of drug-likeness (QED) is 0.617. The number of carbonyl (C=O) groups excluding carboxylic acids is 3. The van der Waals surface area contributed by atoms with E-state index in [0.717, 1.165) is 0 Å². The number of benzene rings is 1. The molecular formula is C18H16ClN3O4. The predicted molar refractivity (Wildman–Crippen MR) is 95.4 cm³/mol. The summed E-state index contributed by atoms with van der Waals surface area (Å²) in [5.74, 6) is -1.54. The minimum absolute atomic E-state index is 0.126. The number of anilines is 1. The normalized spacial score (nSPS) is 10.1. The van der Waals surface area contributed by atoms with Crippen LogP contribution in [-0.4, -0.2) is 29.3 Å². The van der Waals surface area contributed by atoms with E-state index in [2.05, 4.69) is 10.3 Å². The second-order valence-corrected chi connectivity index (χ2v) is 6.04. The van der Waals surface area contributed by atoms with Gasteiger partial charge >= 0.3 is 5.97 Å². The highest BCUT2D eigenvalue weighted by Gasteiger charge is 2.21. The van der Waals surface area contributed by atoms with Crippen molar-refractivity contribution in [3.8, 4) is 6.07 Å². The molecule has 0 fully saturated rings. The third-order valence-electron chi connectivity index (χ3n) is 3.70. The van der Waals surface area contributed by atoms with Crippen molar-refractivity contribution in [3.05, 3.63) is 51.3 Å². The molecule has 0 spiro atoms. The predicted octanol–water partition coefficient (Wildman–Crippen LogP) is 3.15. The Morgan fingerprint density at radius 3 is 2.58 bits per heavy atom. The fourth-order valence-electron chi connectivity index (χ4n) is 2.59. The molecule has 0 bridgehead atoms. The van der Waals surface area contributed by atoms with Gasteiger partial charge in [0, 0.05) is 16.3 Å². The molecule has 0 saturated carbocycles. The third-order valence-corrected chi connectivity index (χ3v) is 3.94. The standard InChI is InChI=1S/C18H16ClN3O4/c1-9-16(11(3)23)10(2)21-17(9)18(25)26-8-15(24)22-14-6-13(19)5-4-12(14)7-20/h4-6,21H,8H2,1-3H3,(H,22,24). The molecule has 1 amide bonds. The van der Waals surface area contributed by atoms with Crippen LogP contribution in [0.25, 0.3) is 0 Å². The molecule has 1 heterocycles. The number of H-pyrrole nitrogens is 1. The van der Waals surface area contributed by atoms with Crippen LogP contribution in [0.1, 0.15) is 44.6 Å². The minimum Gasteiger partial charge on any atom is -0.451 e. The number of aromatic amines is 1. The van der Waals surface area contributed by atoms with E-state index in [4.69, 9.17) is 21.6 Å². The monoisotopic (exact) mass is 373 g/mol. The number of rotatable bonds is 5. The molecule has 0 radical (unpaired) electrons. The van der Waals surface area contributed by atoms with Gasteiger partial charge in [0.2, 0.25) is 0 Å². The van der Waals surface area contributed by atoms with Crippen molar-refractivity contribution in [1.29, 1.82) is 5.26 Å². The summed E-state index contributed by atoms with van der Waals surface area (Å²) >= 11 is 5.85. The zero-order chi connectivity index (χ0) is 19.4. The Kier molecular flexibility index (Phi) is 5.80. The number of esters is 1. The summed E-state index contributed by atoms with van der Waals surface area (Å²) in [6, 6.07) is 6.35.